The molecular formula is C22H25N5O. The summed E-state index contributed by atoms with van der Waals surface area (Å²) in [4.78, 5) is 16.8. The van der Waals surface area contributed by atoms with Crippen LogP contribution in [0.15, 0.2) is 60.7 Å². The Morgan fingerprint density at radius 1 is 1.11 bits per heavy atom. The number of rotatable bonds is 6. The number of benzene rings is 2. The molecule has 2 aromatic carbocycles. The Labute approximate surface area is 165 Å². The average molecular weight is 375 g/mol. The molecule has 0 aliphatic carbocycles. The predicted octanol–water partition coefficient (Wildman–Crippen LogP) is 3.09. The summed E-state index contributed by atoms with van der Waals surface area (Å²) in [6.45, 7) is 4.91. The monoisotopic (exact) mass is 375 g/mol. The van der Waals surface area contributed by atoms with E-state index in [0.29, 0.717) is 6.54 Å². The molecule has 1 N–H and O–H groups in total. The molecule has 3 aromatic rings. The van der Waals surface area contributed by atoms with Crippen molar-refractivity contribution in [2.24, 2.45) is 0 Å². The molecule has 4 rings (SSSR count). The molecule has 2 heterocycles. The molecule has 0 unspecified atom stereocenters. The van der Waals surface area contributed by atoms with Crippen molar-refractivity contribution in [1.29, 1.82) is 0 Å². The molecule has 6 heteroatoms. The summed E-state index contributed by atoms with van der Waals surface area (Å²) in [6.07, 6.45) is 0.977. The number of hydrogen-bond acceptors (Lipinski definition) is 4. The minimum Gasteiger partial charge on any atom is -0.333 e. The number of carbonyl (C=O) groups is 1. The molecule has 1 saturated heterocycles. The third-order valence-electron chi connectivity index (χ3n) is 5.33. The lowest BCUT2D eigenvalue weighted by Crippen LogP contribution is -2.40. The number of aromatic nitrogens is 3. The van der Waals surface area contributed by atoms with Crippen LogP contribution >= 0.6 is 0 Å². The number of likely N-dealkylation sites (tertiary alicyclic amines) is 1. The summed E-state index contributed by atoms with van der Waals surface area (Å²) in [5, 5.41) is 11.4. The minimum absolute atomic E-state index is 0.0774. The first-order chi connectivity index (χ1) is 13.7. The van der Waals surface area contributed by atoms with E-state index in [2.05, 4.69) is 44.6 Å². The van der Waals surface area contributed by atoms with Gasteiger partial charge in [0, 0.05) is 38.2 Å². The molecule has 1 atom stereocenters. The largest absolute Gasteiger partial charge is 0.333 e. The van der Waals surface area contributed by atoms with Gasteiger partial charge in [0.1, 0.15) is 11.4 Å². The zero-order chi connectivity index (χ0) is 19.3. The Bertz CT molecular complexity index is 909. The Balaban J connectivity index is 1.46. The van der Waals surface area contributed by atoms with E-state index in [0.717, 1.165) is 43.0 Å². The fourth-order valence-corrected chi connectivity index (χ4v) is 3.90. The van der Waals surface area contributed by atoms with Gasteiger partial charge in [0.25, 0.3) is 0 Å². The van der Waals surface area contributed by atoms with Gasteiger partial charge in [-0.25, -0.2) is 0 Å². The van der Waals surface area contributed by atoms with Gasteiger partial charge >= 0.3 is 0 Å². The number of H-pyrrole nitrogens is 1. The summed E-state index contributed by atoms with van der Waals surface area (Å²) in [6, 6.07) is 20.6. The van der Waals surface area contributed by atoms with Crippen molar-refractivity contribution >= 4 is 5.91 Å². The quantitative estimate of drug-likeness (QED) is 0.719. The predicted molar refractivity (Wildman–Crippen MR) is 108 cm³/mol. The van der Waals surface area contributed by atoms with E-state index in [4.69, 9.17) is 0 Å². The van der Waals surface area contributed by atoms with Gasteiger partial charge in [-0.1, -0.05) is 60.7 Å². The highest BCUT2D eigenvalue weighted by molar-refractivity contribution is 5.74. The zero-order valence-electron chi connectivity index (χ0n) is 16.1. The Morgan fingerprint density at radius 2 is 1.82 bits per heavy atom. The summed E-state index contributed by atoms with van der Waals surface area (Å²) in [5.41, 5.74) is 3.93. The number of nitrogens with one attached hydrogen (secondary N) is 1. The first-order valence-electron chi connectivity index (χ1n) is 9.69. The zero-order valence-corrected chi connectivity index (χ0v) is 16.1. The van der Waals surface area contributed by atoms with Crippen molar-refractivity contribution in [3.05, 3.63) is 71.9 Å². The van der Waals surface area contributed by atoms with E-state index in [9.17, 15) is 4.79 Å². The fourth-order valence-electron chi connectivity index (χ4n) is 3.90. The van der Waals surface area contributed by atoms with Crippen molar-refractivity contribution in [2.45, 2.75) is 32.5 Å². The van der Waals surface area contributed by atoms with E-state index in [1.54, 1.807) is 6.92 Å². The molecule has 0 bridgehead atoms. The van der Waals surface area contributed by atoms with Gasteiger partial charge in [-0.15, -0.1) is 0 Å². The highest BCUT2D eigenvalue weighted by Gasteiger charge is 2.30. The molecular weight excluding hydrogens is 350 g/mol. The van der Waals surface area contributed by atoms with Gasteiger partial charge in [0.2, 0.25) is 5.91 Å². The molecule has 1 aromatic heterocycles. The second kappa shape index (κ2) is 8.35. The van der Waals surface area contributed by atoms with E-state index in [1.807, 2.05) is 41.3 Å². The molecule has 0 saturated carbocycles. The van der Waals surface area contributed by atoms with Gasteiger partial charge in [-0.2, -0.15) is 15.4 Å². The standard InChI is InChI=1S/C22H25N5O/c1-17(28)27(16-21-22(24-25-23-21)19-10-6-3-7-11-19)20-12-13-26(15-20)14-18-8-4-2-5-9-18/h2-11,20H,12-16H2,1H3,(H,23,24,25)/t20-/m0/s1. The van der Waals surface area contributed by atoms with Crippen LogP contribution in [0.25, 0.3) is 11.3 Å². The van der Waals surface area contributed by atoms with Crippen LogP contribution in [0.1, 0.15) is 24.6 Å². The molecule has 1 aliphatic rings. The maximum Gasteiger partial charge on any atom is 0.220 e. The maximum absolute atomic E-state index is 12.4. The van der Waals surface area contributed by atoms with Crippen LogP contribution in [0.5, 0.6) is 0 Å². The summed E-state index contributed by atoms with van der Waals surface area (Å²) < 4.78 is 0. The molecule has 6 nitrogen and oxygen atoms in total. The number of hydrogen-bond donors (Lipinski definition) is 1. The molecule has 0 spiro atoms. The van der Waals surface area contributed by atoms with Crippen molar-refractivity contribution in [2.75, 3.05) is 13.1 Å². The summed E-state index contributed by atoms with van der Waals surface area (Å²) in [5.74, 6) is 0.0774. The van der Waals surface area contributed by atoms with Crippen molar-refractivity contribution in [1.82, 2.24) is 25.2 Å². The lowest BCUT2D eigenvalue weighted by molar-refractivity contribution is -0.131. The third-order valence-corrected chi connectivity index (χ3v) is 5.33. The van der Waals surface area contributed by atoms with Crippen LogP contribution in [0.4, 0.5) is 0 Å². The number of aromatic amines is 1. The van der Waals surface area contributed by atoms with Crippen LogP contribution < -0.4 is 0 Å². The Morgan fingerprint density at radius 3 is 2.54 bits per heavy atom. The smallest absolute Gasteiger partial charge is 0.220 e. The van der Waals surface area contributed by atoms with E-state index < -0.39 is 0 Å². The molecule has 1 fully saturated rings. The van der Waals surface area contributed by atoms with Crippen molar-refractivity contribution in [3.8, 4) is 11.3 Å². The van der Waals surface area contributed by atoms with Crippen LogP contribution in [0, 0.1) is 0 Å². The number of amides is 1. The van der Waals surface area contributed by atoms with Crippen LogP contribution in [0.3, 0.4) is 0 Å². The summed E-state index contributed by atoms with van der Waals surface area (Å²) >= 11 is 0. The number of nitrogens with zero attached hydrogens (tertiary/aromatic N) is 4. The van der Waals surface area contributed by atoms with Gasteiger partial charge in [0.05, 0.1) is 6.54 Å². The van der Waals surface area contributed by atoms with Crippen molar-refractivity contribution in [3.63, 3.8) is 0 Å². The van der Waals surface area contributed by atoms with Gasteiger partial charge in [-0.3, -0.25) is 9.69 Å². The van der Waals surface area contributed by atoms with E-state index in [-0.39, 0.29) is 11.9 Å². The molecule has 1 amide bonds. The van der Waals surface area contributed by atoms with Gasteiger partial charge in [0.15, 0.2) is 0 Å². The maximum atomic E-state index is 12.4. The molecule has 28 heavy (non-hydrogen) atoms. The SMILES string of the molecule is CC(=O)N(Cc1n[nH]nc1-c1ccccc1)[C@H]1CCN(Cc2ccccc2)C1. The minimum atomic E-state index is 0.0774. The lowest BCUT2D eigenvalue weighted by Gasteiger charge is -2.27. The van der Waals surface area contributed by atoms with Gasteiger partial charge in [-0.05, 0) is 12.0 Å². The van der Waals surface area contributed by atoms with Crippen LogP contribution in [-0.4, -0.2) is 50.2 Å². The van der Waals surface area contributed by atoms with Crippen LogP contribution in [-0.2, 0) is 17.9 Å². The second-order valence-corrected chi connectivity index (χ2v) is 7.30. The van der Waals surface area contributed by atoms with E-state index in [1.165, 1.54) is 5.56 Å². The Hall–Kier alpha value is -2.99. The second-order valence-electron chi connectivity index (χ2n) is 7.30. The topological polar surface area (TPSA) is 65.1 Å². The van der Waals surface area contributed by atoms with Crippen LogP contribution in [0.2, 0.25) is 0 Å². The molecule has 0 radical (unpaired) electrons. The molecule has 144 valence electrons. The first-order valence-corrected chi connectivity index (χ1v) is 9.69. The normalized spacial score (nSPS) is 17.0. The average Bonchev–Trinajstić information content (AvgIpc) is 3.37. The Kier molecular flexibility index (Phi) is 5.48. The van der Waals surface area contributed by atoms with Gasteiger partial charge < -0.3 is 4.90 Å². The third kappa shape index (κ3) is 4.12. The fraction of sp³-hybridized carbons (Fsp3) is 0.318. The molecule has 1 aliphatic heterocycles. The lowest BCUT2D eigenvalue weighted by atomic mass is 10.1. The highest BCUT2D eigenvalue weighted by Crippen LogP contribution is 2.24. The first kappa shape index (κ1) is 18.4. The highest BCUT2D eigenvalue weighted by atomic mass is 16.2. The van der Waals surface area contributed by atoms with E-state index >= 15 is 0 Å². The summed E-state index contributed by atoms with van der Waals surface area (Å²) in [7, 11) is 0. The van der Waals surface area contributed by atoms with Crippen molar-refractivity contribution < 1.29 is 4.79 Å². The number of carbonyl (C=O) groups excluding carboxylic acids is 1.